The van der Waals surface area contributed by atoms with E-state index in [4.69, 9.17) is 14.6 Å². The number of hydrogen-bond acceptors (Lipinski definition) is 5. The molecule has 5 heteroatoms. The Labute approximate surface area is 165 Å². The van der Waals surface area contributed by atoms with Crippen LogP contribution in [-0.4, -0.2) is 36.9 Å². The maximum atomic E-state index is 12.1. The van der Waals surface area contributed by atoms with Crippen molar-refractivity contribution in [2.45, 2.75) is 96.8 Å². The van der Waals surface area contributed by atoms with Gasteiger partial charge in [0.15, 0.2) is 0 Å². The Balaban J connectivity index is 1.96. The molecule has 0 radical (unpaired) electrons. The molecule has 0 amide bonds. The van der Waals surface area contributed by atoms with Crippen LogP contribution >= 0.6 is 0 Å². The van der Waals surface area contributed by atoms with Crippen molar-refractivity contribution in [3.8, 4) is 0 Å². The highest BCUT2D eigenvalue weighted by molar-refractivity contribution is 5.75. The van der Waals surface area contributed by atoms with Gasteiger partial charge in [0.1, 0.15) is 6.61 Å². The first kappa shape index (κ1) is 23.9. The van der Waals surface area contributed by atoms with Gasteiger partial charge in [-0.3, -0.25) is 9.59 Å². The smallest absolute Gasteiger partial charge is 0.309 e. The number of ether oxygens (including phenoxy) is 2. The van der Waals surface area contributed by atoms with Gasteiger partial charge in [-0.05, 0) is 32.1 Å². The summed E-state index contributed by atoms with van der Waals surface area (Å²) in [7, 11) is 0. The number of aliphatic hydroxyl groups excluding tert-OH is 1. The predicted octanol–water partition coefficient (Wildman–Crippen LogP) is 4.79. The molecule has 0 bridgehead atoms. The normalized spacial score (nSPS) is 19.6. The molecule has 1 saturated carbocycles. The zero-order valence-electron chi connectivity index (χ0n) is 17.3. The standard InChI is InChI=1S/C22H40O5/c1-2-3-4-5-6-7-8-9-10-11-17-26-21(24)19-12-14-20(15-13-19)22(25)27-18-16-23/h19-20,23H,2-18H2,1H3. The Hall–Kier alpha value is -1.10. The summed E-state index contributed by atoms with van der Waals surface area (Å²) in [4.78, 5) is 23.9. The number of rotatable bonds is 15. The van der Waals surface area contributed by atoms with Crippen molar-refractivity contribution in [1.82, 2.24) is 0 Å². The van der Waals surface area contributed by atoms with Gasteiger partial charge in [0.25, 0.3) is 0 Å². The van der Waals surface area contributed by atoms with Crippen LogP contribution in [0.1, 0.15) is 96.8 Å². The predicted molar refractivity (Wildman–Crippen MR) is 106 cm³/mol. The van der Waals surface area contributed by atoms with Gasteiger partial charge in [0.05, 0.1) is 25.0 Å². The molecule has 1 aliphatic rings. The molecule has 1 rings (SSSR count). The van der Waals surface area contributed by atoms with Crippen molar-refractivity contribution in [3.63, 3.8) is 0 Å². The quantitative estimate of drug-likeness (QED) is 0.324. The van der Waals surface area contributed by atoms with E-state index in [0.717, 1.165) is 12.8 Å². The maximum Gasteiger partial charge on any atom is 0.309 e. The largest absolute Gasteiger partial charge is 0.465 e. The molecule has 27 heavy (non-hydrogen) atoms. The third-order valence-electron chi connectivity index (χ3n) is 5.47. The zero-order chi connectivity index (χ0) is 19.7. The molecule has 1 N–H and O–H groups in total. The molecule has 0 aliphatic heterocycles. The van der Waals surface area contributed by atoms with Crippen molar-refractivity contribution in [3.05, 3.63) is 0 Å². The lowest BCUT2D eigenvalue weighted by molar-refractivity contribution is -0.155. The van der Waals surface area contributed by atoms with Gasteiger partial charge < -0.3 is 14.6 Å². The van der Waals surface area contributed by atoms with E-state index in [1.54, 1.807) is 0 Å². The van der Waals surface area contributed by atoms with E-state index in [1.165, 1.54) is 51.4 Å². The fraction of sp³-hybridized carbons (Fsp3) is 0.909. The van der Waals surface area contributed by atoms with Gasteiger partial charge >= 0.3 is 11.9 Å². The maximum absolute atomic E-state index is 12.1. The minimum atomic E-state index is -0.249. The van der Waals surface area contributed by atoms with Crippen LogP contribution in [0.2, 0.25) is 0 Å². The van der Waals surface area contributed by atoms with Crippen LogP contribution < -0.4 is 0 Å². The monoisotopic (exact) mass is 384 g/mol. The Morgan fingerprint density at radius 3 is 1.56 bits per heavy atom. The van der Waals surface area contributed by atoms with Crippen molar-refractivity contribution in [2.75, 3.05) is 19.8 Å². The Morgan fingerprint density at radius 2 is 1.11 bits per heavy atom. The summed E-state index contributed by atoms with van der Waals surface area (Å²) in [6.07, 6.45) is 15.4. The summed E-state index contributed by atoms with van der Waals surface area (Å²) < 4.78 is 10.4. The van der Waals surface area contributed by atoms with Crippen molar-refractivity contribution < 1.29 is 24.2 Å². The van der Waals surface area contributed by atoms with E-state index in [0.29, 0.717) is 32.3 Å². The third kappa shape index (κ3) is 11.4. The van der Waals surface area contributed by atoms with Gasteiger partial charge in [0, 0.05) is 0 Å². The van der Waals surface area contributed by atoms with Crippen LogP contribution in [0.5, 0.6) is 0 Å². The molecular weight excluding hydrogens is 344 g/mol. The summed E-state index contributed by atoms with van der Waals surface area (Å²) in [6, 6.07) is 0. The summed E-state index contributed by atoms with van der Waals surface area (Å²) in [5, 5.41) is 8.69. The topological polar surface area (TPSA) is 72.8 Å². The van der Waals surface area contributed by atoms with E-state index >= 15 is 0 Å². The first-order valence-electron chi connectivity index (χ1n) is 11.1. The number of hydrogen-bond donors (Lipinski definition) is 1. The summed E-state index contributed by atoms with van der Waals surface area (Å²) >= 11 is 0. The molecule has 1 fully saturated rings. The third-order valence-corrected chi connectivity index (χ3v) is 5.47. The minimum Gasteiger partial charge on any atom is -0.465 e. The number of carbonyl (C=O) groups is 2. The molecule has 1 aliphatic carbocycles. The summed E-state index contributed by atoms with van der Waals surface area (Å²) in [5.74, 6) is -0.563. The molecule has 0 aromatic carbocycles. The molecule has 5 nitrogen and oxygen atoms in total. The van der Waals surface area contributed by atoms with Crippen LogP contribution in [0.15, 0.2) is 0 Å². The second-order valence-electron chi connectivity index (χ2n) is 7.79. The van der Waals surface area contributed by atoms with E-state index in [2.05, 4.69) is 6.92 Å². The molecule has 158 valence electrons. The first-order valence-corrected chi connectivity index (χ1v) is 11.1. The number of aliphatic hydroxyl groups is 1. The first-order chi connectivity index (χ1) is 13.2. The van der Waals surface area contributed by atoms with E-state index < -0.39 is 0 Å². The zero-order valence-corrected chi connectivity index (χ0v) is 17.3. The molecule has 0 aromatic rings. The van der Waals surface area contributed by atoms with Crippen molar-refractivity contribution in [2.24, 2.45) is 11.8 Å². The number of esters is 2. The molecule has 0 atom stereocenters. The van der Waals surface area contributed by atoms with Crippen LogP contribution in [0, 0.1) is 11.8 Å². The lowest BCUT2D eigenvalue weighted by Gasteiger charge is -2.25. The van der Waals surface area contributed by atoms with Gasteiger partial charge in [0.2, 0.25) is 0 Å². The Morgan fingerprint density at radius 1 is 0.704 bits per heavy atom. The van der Waals surface area contributed by atoms with Crippen LogP contribution in [0.3, 0.4) is 0 Å². The SMILES string of the molecule is CCCCCCCCCCCCOC(=O)C1CCC(C(=O)OCCO)CC1. The lowest BCUT2D eigenvalue weighted by atomic mass is 9.82. The molecule has 0 aromatic heterocycles. The van der Waals surface area contributed by atoms with Crippen LogP contribution in [0.25, 0.3) is 0 Å². The van der Waals surface area contributed by atoms with Gasteiger partial charge in [-0.25, -0.2) is 0 Å². The highest BCUT2D eigenvalue weighted by Crippen LogP contribution is 2.30. The Bertz CT molecular complexity index is 388. The Kier molecular flexibility index (Phi) is 14.1. The second kappa shape index (κ2) is 15.9. The van der Waals surface area contributed by atoms with Crippen molar-refractivity contribution in [1.29, 1.82) is 0 Å². The fourth-order valence-corrected chi connectivity index (χ4v) is 3.71. The fourth-order valence-electron chi connectivity index (χ4n) is 3.71. The lowest BCUT2D eigenvalue weighted by Crippen LogP contribution is -2.28. The highest BCUT2D eigenvalue weighted by atomic mass is 16.5. The van der Waals surface area contributed by atoms with Crippen molar-refractivity contribution >= 4 is 11.9 Å². The minimum absolute atomic E-state index is 0.0552. The molecular formula is C22H40O5. The summed E-state index contributed by atoms with van der Waals surface area (Å²) in [6.45, 7) is 2.68. The number of unbranched alkanes of at least 4 members (excludes halogenated alkanes) is 9. The average molecular weight is 385 g/mol. The van der Waals surface area contributed by atoms with E-state index in [9.17, 15) is 9.59 Å². The van der Waals surface area contributed by atoms with Gasteiger partial charge in [-0.2, -0.15) is 0 Å². The van der Waals surface area contributed by atoms with Crippen LogP contribution in [0.4, 0.5) is 0 Å². The summed E-state index contributed by atoms with van der Waals surface area (Å²) in [5.41, 5.74) is 0. The highest BCUT2D eigenvalue weighted by Gasteiger charge is 2.31. The van der Waals surface area contributed by atoms with E-state index in [1.807, 2.05) is 0 Å². The number of carbonyl (C=O) groups excluding carboxylic acids is 2. The second-order valence-corrected chi connectivity index (χ2v) is 7.79. The molecule has 0 heterocycles. The van der Waals surface area contributed by atoms with E-state index in [-0.39, 0.29) is 37.0 Å². The van der Waals surface area contributed by atoms with Crippen LogP contribution in [-0.2, 0) is 19.1 Å². The van der Waals surface area contributed by atoms with Gasteiger partial charge in [-0.15, -0.1) is 0 Å². The van der Waals surface area contributed by atoms with Gasteiger partial charge in [-0.1, -0.05) is 64.7 Å². The average Bonchev–Trinajstić information content (AvgIpc) is 2.70. The molecule has 0 unspecified atom stereocenters. The molecule has 0 saturated heterocycles. The molecule has 0 spiro atoms.